The van der Waals surface area contributed by atoms with E-state index >= 15 is 0 Å². The number of hydrogen-bond acceptors (Lipinski definition) is 7. The molecule has 0 radical (unpaired) electrons. The van der Waals surface area contributed by atoms with Crippen molar-refractivity contribution >= 4 is 33.7 Å². The number of amides is 1. The van der Waals surface area contributed by atoms with Crippen LogP contribution in [-0.2, 0) is 24.3 Å². The number of esters is 1. The Morgan fingerprint density at radius 3 is 2.84 bits per heavy atom. The molecule has 1 aromatic carbocycles. The molecule has 0 unspecified atom stereocenters. The summed E-state index contributed by atoms with van der Waals surface area (Å²) in [5.41, 5.74) is 0.00239. The first kappa shape index (κ1) is 19.2. The lowest BCUT2D eigenvalue weighted by atomic mass is 10.2. The van der Waals surface area contributed by atoms with Crippen LogP contribution in [-0.4, -0.2) is 62.9 Å². The Morgan fingerprint density at radius 2 is 2.16 bits per heavy atom. The number of rotatable bonds is 5. The average Bonchev–Trinajstić information content (AvgIpc) is 2.65. The third-order valence-corrected chi connectivity index (χ3v) is 6.22. The highest BCUT2D eigenvalue weighted by atomic mass is 32.2. The van der Waals surface area contributed by atoms with Gasteiger partial charge in [-0.25, -0.2) is 13.1 Å². The highest BCUT2D eigenvalue weighted by Gasteiger charge is 2.30. The number of ether oxygens (including phenoxy) is 1. The van der Waals surface area contributed by atoms with Gasteiger partial charge in [-0.05, 0) is 12.1 Å². The average molecular weight is 383 g/mol. The van der Waals surface area contributed by atoms with Gasteiger partial charge in [0.05, 0.1) is 24.1 Å². The Balaban J connectivity index is 2.02. The van der Waals surface area contributed by atoms with Crippen molar-refractivity contribution in [3.8, 4) is 6.07 Å². The van der Waals surface area contributed by atoms with Crippen LogP contribution in [0.1, 0.15) is 5.56 Å². The number of hydrogen-bond donors (Lipinski definition) is 1. The summed E-state index contributed by atoms with van der Waals surface area (Å²) >= 11 is 1.40. The van der Waals surface area contributed by atoms with E-state index in [0.29, 0.717) is 12.3 Å². The van der Waals surface area contributed by atoms with E-state index in [1.807, 2.05) is 6.07 Å². The van der Waals surface area contributed by atoms with E-state index in [2.05, 4.69) is 9.46 Å². The van der Waals surface area contributed by atoms with E-state index in [1.54, 1.807) is 6.07 Å². The molecule has 1 N–H and O–H groups in total. The van der Waals surface area contributed by atoms with Crippen LogP contribution in [0.25, 0.3) is 0 Å². The van der Waals surface area contributed by atoms with Crippen molar-refractivity contribution in [2.45, 2.75) is 10.1 Å². The molecule has 1 aliphatic rings. The summed E-state index contributed by atoms with van der Waals surface area (Å²) in [4.78, 5) is 25.1. The van der Waals surface area contributed by atoms with Crippen molar-refractivity contribution in [2.75, 3.05) is 32.5 Å². The minimum atomic E-state index is -3.99. The first-order valence-electron chi connectivity index (χ1n) is 7.35. The predicted molar refractivity (Wildman–Crippen MR) is 91.2 cm³/mol. The van der Waals surface area contributed by atoms with Crippen molar-refractivity contribution in [2.24, 2.45) is 0 Å². The Kier molecular flexibility index (Phi) is 6.41. The topological polar surface area (TPSA) is 117 Å². The third-order valence-electron chi connectivity index (χ3n) is 3.59. The van der Waals surface area contributed by atoms with Crippen LogP contribution in [0, 0.1) is 11.3 Å². The molecule has 8 nitrogen and oxygen atoms in total. The fraction of sp³-hybridized carbons (Fsp3) is 0.400. The maximum atomic E-state index is 12.3. The van der Waals surface area contributed by atoms with E-state index in [4.69, 9.17) is 5.26 Å². The molecule has 1 fully saturated rings. The highest BCUT2D eigenvalue weighted by Crippen LogP contribution is 2.20. The number of methoxy groups -OCH3 is 1. The van der Waals surface area contributed by atoms with Gasteiger partial charge in [0.25, 0.3) is 0 Å². The SMILES string of the molecule is COC(=O)[C@@H]1CN(C(=O)CNS(=O)(=O)c2ccccc2C#N)CCS1. The van der Waals surface area contributed by atoms with Gasteiger partial charge in [-0.3, -0.25) is 9.59 Å². The van der Waals surface area contributed by atoms with Gasteiger partial charge in [0.15, 0.2) is 0 Å². The lowest BCUT2D eigenvalue weighted by Crippen LogP contribution is -2.48. The number of nitriles is 1. The second-order valence-corrected chi connectivity index (χ2v) is 8.20. The number of thioether (sulfide) groups is 1. The summed E-state index contributed by atoms with van der Waals surface area (Å²) < 4.78 is 31.5. The number of benzene rings is 1. The zero-order chi connectivity index (χ0) is 18.4. The van der Waals surface area contributed by atoms with Gasteiger partial charge in [0, 0.05) is 18.8 Å². The number of nitrogens with zero attached hydrogens (tertiary/aromatic N) is 2. The molecular weight excluding hydrogens is 366 g/mol. The monoisotopic (exact) mass is 383 g/mol. The fourth-order valence-electron chi connectivity index (χ4n) is 2.29. The summed E-state index contributed by atoms with van der Waals surface area (Å²) in [7, 11) is -2.71. The van der Waals surface area contributed by atoms with Gasteiger partial charge in [-0.15, -0.1) is 11.8 Å². The lowest BCUT2D eigenvalue weighted by molar-refractivity contribution is -0.141. The molecule has 0 aliphatic carbocycles. The molecule has 1 aromatic rings. The molecule has 0 bridgehead atoms. The van der Waals surface area contributed by atoms with Gasteiger partial charge >= 0.3 is 5.97 Å². The lowest BCUT2D eigenvalue weighted by Gasteiger charge is -2.31. The molecule has 1 atom stereocenters. The van der Waals surface area contributed by atoms with E-state index in [9.17, 15) is 18.0 Å². The standard InChI is InChI=1S/C15H17N3O5S2/c1-23-15(20)12-10-18(6-7-24-12)14(19)9-17-25(21,22)13-5-3-2-4-11(13)8-16/h2-5,12,17H,6-7,9-10H2,1H3/t12-/m0/s1. The largest absolute Gasteiger partial charge is 0.468 e. The smallest absolute Gasteiger partial charge is 0.320 e. The van der Waals surface area contributed by atoms with E-state index in [0.717, 1.165) is 0 Å². The predicted octanol–water partition coefficient (Wildman–Crippen LogP) is -0.0464. The van der Waals surface area contributed by atoms with Crippen molar-refractivity contribution in [1.29, 1.82) is 5.26 Å². The van der Waals surface area contributed by atoms with Crippen LogP contribution >= 0.6 is 11.8 Å². The van der Waals surface area contributed by atoms with Crippen LogP contribution < -0.4 is 4.72 Å². The number of sulfonamides is 1. The first-order valence-corrected chi connectivity index (χ1v) is 9.88. The summed E-state index contributed by atoms with van der Waals surface area (Å²) in [6, 6.07) is 7.56. The normalized spacial score (nSPS) is 17.6. The van der Waals surface area contributed by atoms with Crippen molar-refractivity contribution in [3.63, 3.8) is 0 Å². The van der Waals surface area contributed by atoms with E-state index in [-0.39, 0.29) is 17.0 Å². The summed E-state index contributed by atoms with van der Waals surface area (Å²) in [6.07, 6.45) is 0. The molecule has 1 amide bonds. The van der Waals surface area contributed by atoms with Crippen LogP contribution in [0.5, 0.6) is 0 Å². The number of nitrogens with one attached hydrogen (secondary N) is 1. The Bertz CT molecular complexity index is 804. The Morgan fingerprint density at radius 1 is 1.44 bits per heavy atom. The zero-order valence-corrected chi connectivity index (χ0v) is 15.1. The van der Waals surface area contributed by atoms with Gasteiger partial charge in [0.2, 0.25) is 15.9 Å². The molecule has 0 aromatic heterocycles. The van der Waals surface area contributed by atoms with Crippen molar-refractivity contribution in [3.05, 3.63) is 29.8 Å². The maximum absolute atomic E-state index is 12.3. The molecular formula is C15H17N3O5S2. The van der Waals surface area contributed by atoms with Crippen LogP contribution in [0.4, 0.5) is 0 Å². The second-order valence-electron chi connectivity index (χ2n) is 5.15. The van der Waals surface area contributed by atoms with Crippen LogP contribution in [0.15, 0.2) is 29.2 Å². The maximum Gasteiger partial charge on any atom is 0.320 e. The van der Waals surface area contributed by atoms with Crippen molar-refractivity contribution < 1.29 is 22.7 Å². The first-order chi connectivity index (χ1) is 11.9. The highest BCUT2D eigenvalue weighted by molar-refractivity contribution is 8.00. The Labute approximate surface area is 150 Å². The molecule has 2 rings (SSSR count). The van der Waals surface area contributed by atoms with Crippen LogP contribution in [0.2, 0.25) is 0 Å². The summed E-state index contributed by atoms with van der Waals surface area (Å²) in [5, 5.41) is 8.53. The van der Waals surface area contributed by atoms with Crippen LogP contribution in [0.3, 0.4) is 0 Å². The molecule has 1 aliphatic heterocycles. The molecule has 25 heavy (non-hydrogen) atoms. The zero-order valence-electron chi connectivity index (χ0n) is 13.5. The van der Waals surface area contributed by atoms with E-state index in [1.165, 1.54) is 42.0 Å². The number of carbonyl (C=O) groups excluding carboxylic acids is 2. The van der Waals surface area contributed by atoms with Crippen molar-refractivity contribution in [1.82, 2.24) is 9.62 Å². The summed E-state index contributed by atoms with van der Waals surface area (Å²) in [6.45, 7) is 0.154. The summed E-state index contributed by atoms with van der Waals surface area (Å²) in [5.74, 6) is -0.284. The van der Waals surface area contributed by atoms with Gasteiger partial charge < -0.3 is 9.64 Å². The molecule has 0 spiro atoms. The molecule has 1 saturated heterocycles. The minimum Gasteiger partial charge on any atom is -0.468 e. The fourth-order valence-corrected chi connectivity index (χ4v) is 4.55. The van der Waals surface area contributed by atoms with E-state index < -0.39 is 33.7 Å². The quantitative estimate of drug-likeness (QED) is 0.709. The molecule has 10 heteroatoms. The Hall–Kier alpha value is -2.09. The second kappa shape index (κ2) is 8.33. The van der Waals surface area contributed by atoms with Gasteiger partial charge in [0.1, 0.15) is 11.3 Å². The molecule has 0 saturated carbocycles. The minimum absolute atomic E-state index is 0.00239. The van der Waals surface area contributed by atoms with Gasteiger partial charge in [-0.2, -0.15) is 5.26 Å². The molecule has 134 valence electrons. The van der Waals surface area contributed by atoms with Gasteiger partial charge in [-0.1, -0.05) is 12.1 Å². The molecule has 1 heterocycles. The third kappa shape index (κ3) is 4.72. The number of carbonyl (C=O) groups is 2.